The van der Waals surface area contributed by atoms with Crippen molar-refractivity contribution in [1.82, 2.24) is 0 Å². The van der Waals surface area contributed by atoms with Crippen LogP contribution < -0.4 is 4.90 Å². The third kappa shape index (κ3) is 4.35. The second-order valence-corrected chi connectivity index (χ2v) is 11.7. The van der Waals surface area contributed by atoms with E-state index < -0.39 is 0 Å². The highest BCUT2D eigenvalue weighted by molar-refractivity contribution is 6.11. The van der Waals surface area contributed by atoms with Crippen LogP contribution in [0.1, 0.15) is 0 Å². The van der Waals surface area contributed by atoms with Gasteiger partial charge in [-0.15, -0.1) is 0 Å². The highest BCUT2D eigenvalue weighted by Gasteiger charge is 2.20. The van der Waals surface area contributed by atoms with Crippen LogP contribution >= 0.6 is 0 Å². The fraction of sp³-hybridized carbons (Fsp3) is 0. The first-order valence-corrected chi connectivity index (χ1v) is 15.7. The molecule has 0 radical (unpaired) electrons. The summed E-state index contributed by atoms with van der Waals surface area (Å²) in [5, 5.41) is 7.18. The fourth-order valence-corrected chi connectivity index (χ4v) is 6.87. The first-order chi connectivity index (χ1) is 22.8. The summed E-state index contributed by atoms with van der Waals surface area (Å²) >= 11 is 0. The smallest absolute Gasteiger partial charge is 0.143 e. The van der Waals surface area contributed by atoms with Crippen LogP contribution in [0.15, 0.2) is 180 Å². The SMILES string of the molecule is c1ccc(N(c2ccc(-c3cccc4ccccc34)cc2)c2ccc3ccccc3c2)c(-c2cccc3c2oc2ccccc23)c1. The van der Waals surface area contributed by atoms with Crippen LogP contribution in [0.5, 0.6) is 0 Å². The average molecular weight is 588 g/mol. The van der Waals surface area contributed by atoms with Gasteiger partial charge in [-0.25, -0.2) is 0 Å². The van der Waals surface area contributed by atoms with Gasteiger partial charge in [0.25, 0.3) is 0 Å². The van der Waals surface area contributed by atoms with Crippen LogP contribution in [-0.2, 0) is 0 Å². The third-order valence-electron chi connectivity index (χ3n) is 9.06. The molecule has 1 heterocycles. The summed E-state index contributed by atoms with van der Waals surface area (Å²) in [4.78, 5) is 2.37. The molecule has 46 heavy (non-hydrogen) atoms. The molecule has 0 saturated carbocycles. The molecule has 8 aromatic carbocycles. The average Bonchev–Trinajstić information content (AvgIpc) is 3.51. The van der Waals surface area contributed by atoms with Gasteiger partial charge < -0.3 is 9.32 Å². The maximum absolute atomic E-state index is 6.52. The molecule has 0 N–H and O–H groups in total. The molecule has 1 aromatic heterocycles. The van der Waals surface area contributed by atoms with E-state index in [1.165, 1.54) is 32.7 Å². The Bertz CT molecular complexity index is 2530. The van der Waals surface area contributed by atoms with Gasteiger partial charge in [0.15, 0.2) is 0 Å². The summed E-state index contributed by atoms with van der Waals surface area (Å²) in [5.41, 5.74) is 9.69. The van der Waals surface area contributed by atoms with E-state index in [-0.39, 0.29) is 0 Å². The Kier molecular flexibility index (Phi) is 6.17. The van der Waals surface area contributed by atoms with Crippen LogP contribution in [-0.4, -0.2) is 0 Å². The Morgan fingerprint density at radius 2 is 0.978 bits per heavy atom. The number of fused-ring (bicyclic) bond motifs is 5. The molecule has 2 nitrogen and oxygen atoms in total. The molecular formula is C44H29NO. The number of furan rings is 1. The molecule has 0 amide bonds. The van der Waals surface area contributed by atoms with Crippen LogP contribution in [0.25, 0.3) is 65.7 Å². The second kappa shape index (κ2) is 10.8. The van der Waals surface area contributed by atoms with Crippen LogP contribution in [0.3, 0.4) is 0 Å². The number of rotatable bonds is 5. The minimum atomic E-state index is 0.901. The molecule has 0 spiro atoms. The van der Waals surface area contributed by atoms with E-state index in [2.05, 4.69) is 169 Å². The lowest BCUT2D eigenvalue weighted by molar-refractivity contribution is 0.670. The van der Waals surface area contributed by atoms with Crippen molar-refractivity contribution >= 4 is 60.5 Å². The largest absolute Gasteiger partial charge is 0.455 e. The molecule has 0 unspecified atom stereocenters. The maximum atomic E-state index is 6.52. The van der Waals surface area contributed by atoms with Gasteiger partial charge in [0.2, 0.25) is 0 Å². The maximum Gasteiger partial charge on any atom is 0.143 e. The van der Waals surface area contributed by atoms with Crippen LogP contribution in [0.2, 0.25) is 0 Å². The zero-order chi connectivity index (χ0) is 30.5. The highest BCUT2D eigenvalue weighted by Crippen LogP contribution is 2.45. The number of para-hydroxylation sites is 3. The first-order valence-electron chi connectivity index (χ1n) is 15.7. The van der Waals surface area contributed by atoms with Gasteiger partial charge in [0, 0.05) is 33.3 Å². The Labute approximate surface area is 267 Å². The Morgan fingerprint density at radius 1 is 0.370 bits per heavy atom. The van der Waals surface area contributed by atoms with Gasteiger partial charge in [-0.1, -0.05) is 140 Å². The lowest BCUT2D eigenvalue weighted by Gasteiger charge is -2.28. The molecule has 9 aromatic rings. The predicted octanol–water partition coefficient (Wildman–Crippen LogP) is 12.7. The molecule has 9 rings (SSSR count). The Balaban J connectivity index is 1.25. The zero-order valence-electron chi connectivity index (χ0n) is 25.1. The van der Waals surface area contributed by atoms with Crippen molar-refractivity contribution in [3.63, 3.8) is 0 Å². The van der Waals surface area contributed by atoms with Crippen molar-refractivity contribution in [1.29, 1.82) is 0 Å². The van der Waals surface area contributed by atoms with E-state index >= 15 is 0 Å². The standard InChI is InChI=1S/C44H29NO/c1-2-13-33-29-35(28-23-30(33)11-1)45(34-26-24-32(25-27-34)37-18-9-14-31-12-3-4-15-36(31)37)42-21-7-5-16-38(42)40-19-10-20-41-39-17-6-8-22-43(39)46-44(40)41/h1-29H. The van der Waals surface area contributed by atoms with Gasteiger partial charge in [-0.2, -0.15) is 0 Å². The summed E-state index contributed by atoms with van der Waals surface area (Å²) in [6.45, 7) is 0. The number of nitrogens with zero attached hydrogens (tertiary/aromatic N) is 1. The van der Waals surface area contributed by atoms with E-state index in [0.29, 0.717) is 0 Å². The number of anilines is 3. The fourth-order valence-electron chi connectivity index (χ4n) is 6.87. The minimum absolute atomic E-state index is 0.901. The van der Waals surface area contributed by atoms with E-state index in [9.17, 15) is 0 Å². The summed E-state index contributed by atoms with van der Waals surface area (Å²) in [7, 11) is 0. The molecule has 2 heteroatoms. The minimum Gasteiger partial charge on any atom is -0.455 e. The monoisotopic (exact) mass is 587 g/mol. The molecule has 0 aliphatic heterocycles. The van der Waals surface area contributed by atoms with E-state index in [1.807, 2.05) is 12.1 Å². The van der Waals surface area contributed by atoms with Crippen molar-refractivity contribution in [3.8, 4) is 22.3 Å². The number of hydrogen-bond donors (Lipinski definition) is 0. The molecule has 0 atom stereocenters. The Morgan fingerprint density at radius 3 is 1.87 bits per heavy atom. The molecule has 216 valence electrons. The summed E-state index contributed by atoms with van der Waals surface area (Å²) in [6, 6.07) is 62.7. The summed E-state index contributed by atoms with van der Waals surface area (Å²) in [5.74, 6) is 0. The zero-order valence-corrected chi connectivity index (χ0v) is 25.1. The molecular weight excluding hydrogens is 558 g/mol. The quantitative estimate of drug-likeness (QED) is 0.199. The van der Waals surface area contributed by atoms with Gasteiger partial charge in [0.1, 0.15) is 11.2 Å². The van der Waals surface area contributed by atoms with Crippen LogP contribution in [0, 0.1) is 0 Å². The van der Waals surface area contributed by atoms with Crippen molar-refractivity contribution in [2.75, 3.05) is 4.90 Å². The predicted molar refractivity (Wildman–Crippen MR) is 194 cm³/mol. The van der Waals surface area contributed by atoms with Gasteiger partial charge in [-0.05, 0) is 69.1 Å². The van der Waals surface area contributed by atoms with Crippen LogP contribution in [0.4, 0.5) is 17.1 Å². The van der Waals surface area contributed by atoms with Crippen molar-refractivity contribution in [2.24, 2.45) is 0 Å². The van der Waals surface area contributed by atoms with Crippen molar-refractivity contribution < 1.29 is 4.42 Å². The lowest BCUT2D eigenvalue weighted by atomic mass is 9.97. The van der Waals surface area contributed by atoms with E-state index in [0.717, 1.165) is 50.1 Å². The van der Waals surface area contributed by atoms with Gasteiger partial charge in [0.05, 0.1) is 5.69 Å². The topological polar surface area (TPSA) is 16.4 Å². The number of benzene rings is 8. The lowest BCUT2D eigenvalue weighted by Crippen LogP contribution is -2.11. The van der Waals surface area contributed by atoms with Crippen molar-refractivity contribution in [3.05, 3.63) is 176 Å². The van der Waals surface area contributed by atoms with E-state index in [1.54, 1.807) is 0 Å². The normalized spacial score (nSPS) is 11.5. The molecule has 0 aliphatic rings. The molecule has 0 bridgehead atoms. The third-order valence-corrected chi connectivity index (χ3v) is 9.06. The molecule has 0 saturated heterocycles. The number of hydrogen-bond acceptors (Lipinski definition) is 2. The highest BCUT2D eigenvalue weighted by atomic mass is 16.3. The Hall–Kier alpha value is -6.12. The second-order valence-electron chi connectivity index (χ2n) is 11.7. The first kappa shape index (κ1) is 26.3. The van der Waals surface area contributed by atoms with Gasteiger partial charge in [-0.3, -0.25) is 0 Å². The molecule has 0 fully saturated rings. The van der Waals surface area contributed by atoms with Crippen molar-refractivity contribution in [2.45, 2.75) is 0 Å². The van der Waals surface area contributed by atoms with E-state index in [4.69, 9.17) is 4.42 Å². The summed E-state index contributed by atoms with van der Waals surface area (Å²) in [6.07, 6.45) is 0. The van der Waals surface area contributed by atoms with Gasteiger partial charge >= 0.3 is 0 Å². The summed E-state index contributed by atoms with van der Waals surface area (Å²) < 4.78 is 6.52. The molecule has 0 aliphatic carbocycles.